The molecule has 1 fully saturated rings. The summed E-state index contributed by atoms with van der Waals surface area (Å²) in [7, 11) is 2.78. The van der Waals surface area contributed by atoms with Crippen LogP contribution in [-0.4, -0.2) is 61.7 Å². The van der Waals surface area contributed by atoms with Crippen molar-refractivity contribution in [2.24, 2.45) is 11.7 Å². The van der Waals surface area contributed by atoms with E-state index in [9.17, 15) is 19.5 Å². The fraction of sp³-hybridized carbons (Fsp3) is 0.471. The number of piperidine rings is 1. The van der Waals surface area contributed by atoms with Gasteiger partial charge in [-0.1, -0.05) is 0 Å². The highest BCUT2D eigenvalue weighted by atomic mass is 16.5. The van der Waals surface area contributed by atoms with Crippen molar-refractivity contribution in [2.75, 3.05) is 33.9 Å². The molecular formula is C17H22N2O7. The lowest BCUT2D eigenvalue weighted by molar-refractivity contribution is -0.143. The second-order valence-corrected chi connectivity index (χ2v) is 5.89. The van der Waals surface area contributed by atoms with Crippen LogP contribution in [0.25, 0.3) is 0 Å². The third kappa shape index (κ3) is 4.35. The highest BCUT2D eigenvalue weighted by molar-refractivity contribution is 5.96. The van der Waals surface area contributed by atoms with Gasteiger partial charge in [0.2, 0.25) is 5.75 Å². The zero-order valence-corrected chi connectivity index (χ0v) is 14.7. The van der Waals surface area contributed by atoms with Crippen LogP contribution in [0.4, 0.5) is 0 Å². The summed E-state index contributed by atoms with van der Waals surface area (Å²) >= 11 is 0. The number of amides is 2. The van der Waals surface area contributed by atoms with E-state index in [1.165, 1.54) is 31.3 Å². The molecule has 1 aliphatic heterocycles. The number of carbonyl (C=O) groups is 3. The molecule has 0 bridgehead atoms. The quantitative estimate of drug-likeness (QED) is 0.719. The number of hydrogen-bond donors (Lipinski definition) is 2. The predicted octanol–water partition coefficient (Wildman–Crippen LogP) is 0.505. The number of carboxylic acids is 1. The average molecular weight is 366 g/mol. The second-order valence-electron chi connectivity index (χ2n) is 5.89. The molecule has 1 aliphatic rings. The van der Waals surface area contributed by atoms with Gasteiger partial charge in [0.15, 0.2) is 18.1 Å². The minimum absolute atomic E-state index is 0.152. The summed E-state index contributed by atoms with van der Waals surface area (Å²) in [5.74, 6) is -1.90. The predicted molar refractivity (Wildman–Crippen MR) is 90.5 cm³/mol. The van der Waals surface area contributed by atoms with E-state index in [0.717, 1.165) is 0 Å². The van der Waals surface area contributed by atoms with Gasteiger partial charge in [-0.2, -0.15) is 0 Å². The monoisotopic (exact) mass is 366 g/mol. The Bertz CT molecular complexity index is 679. The first-order chi connectivity index (χ1) is 12.4. The first-order valence-corrected chi connectivity index (χ1v) is 8.06. The Morgan fingerprint density at radius 1 is 1.23 bits per heavy atom. The molecule has 0 saturated carbocycles. The summed E-state index contributed by atoms with van der Waals surface area (Å²) in [4.78, 5) is 36.4. The lowest BCUT2D eigenvalue weighted by Gasteiger charge is -2.31. The molecular weight excluding hydrogens is 344 g/mol. The number of primary amides is 1. The molecule has 0 aliphatic carbocycles. The van der Waals surface area contributed by atoms with Gasteiger partial charge in [-0.15, -0.1) is 0 Å². The molecule has 0 aromatic heterocycles. The Morgan fingerprint density at radius 3 is 2.35 bits per heavy atom. The van der Waals surface area contributed by atoms with Crippen LogP contribution < -0.4 is 19.9 Å². The number of ether oxygens (including phenoxy) is 3. The van der Waals surface area contributed by atoms with Crippen molar-refractivity contribution in [3.63, 3.8) is 0 Å². The van der Waals surface area contributed by atoms with Crippen LogP contribution in [0.3, 0.4) is 0 Å². The number of methoxy groups -OCH3 is 2. The van der Waals surface area contributed by atoms with Gasteiger partial charge < -0.3 is 30.0 Å². The summed E-state index contributed by atoms with van der Waals surface area (Å²) in [6.45, 7) is 0.262. The number of likely N-dealkylation sites (tertiary alicyclic amines) is 1. The van der Waals surface area contributed by atoms with E-state index in [1.54, 1.807) is 0 Å². The molecule has 1 atom stereocenters. The SMILES string of the molecule is COc1cc(C(=O)N2CCCC(C(=O)O)C2)cc(OC)c1OCC(N)=O. The normalized spacial score (nSPS) is 16.7. The smallest absolute Gasteiger partial charge is 0.308 e. The number of hydrogen-bond acceptors (Lipinski definition) is 6. The van der Waals surface area contributed by atoms with Crippen LogP contribution in [0.2, 0.25) is 0 Å². The number of nitrogens with zero attached hydrogens (tertiary/aromatic N) is 1. The fourth-order valence-corrected chi connectivity index (χ4v) is 2.83. The van der Waals surface area contributed by atoms with Gasteiger partial charge in [-0.05, 0) is 25.0 Å². The molecule has 3 N–H and O–H groups in total. The molecule has 9 nitrogen and oxygen atoms in total. The maximum absolute atomic E-state index is 12.8. The van der Waals surface area contributed by atoms with Crippen molar-refractivity contribution in [1.29, 1.82) is 0 Å². The molecule has 142 valence electrons. The minimum atomic E-state index is -0.909. The topological polar surface area (TPSA) is 128 Å². The Balaban J connectivity index is 2.29. The fourth-order valence-electron chi connectivity index (χ4n) is 2.83. The maximum atomic E-state index is 12.8. The molecule has 1 saturated heterocycles. The average Bonchev–Trinajstić information content (AvgIpc) is 2.64. The van der Waals surface area contributed by atoms with E-state index >= 15 is 0 Å². The Labute approximate surface area is 150 Å². The lowest BCUT2D eigenvalue weighted by atomic mass is 9.97. The molecule has 2 amide bonds. The lowest BCUT2D eigenvalue weighted by Crippen LogP contribution is -2.42. The molecule has 2 rings (SSSR count). The summed E-state index contributed by atoms with van der Waals surface area (Å²) in [5, 5.41) is 9.18. The van der Waals surface area contributed by atoms with Crippen LogP contribution >= 0.6 is 0 Å². The summed E-state index contributed by atoms with van der Waals surface area (Å²) in [5.41, 5.74) is 5.36. The van der Waals surface area contributed by atoms with E-state index in [-0.39, 0.29) is 41.9 Å². The Morgan fingerprint density at radius 2 is 1.85 bits per heavy atom. The molecule has 0 spiro atoms. The molecule has 1 aromatic rings. The van der Waals surface area contributed by atoms with Crippen molar-refractivity contribution in [3.05, 3.63) is 17.7 Å². The van der Waals surface area contributed by atoms with E-state index in [2.05, 4.69) is 0 Å². The van der Waals surface area contributed by atoms with E-state index in [4.69, 9.17) is 19.9 Å². The standard InChI is InChI=1S/C17H22N2O7/c1-24-12-6-11(7-13(25-2)15(12)26-9-14(18)20)16(21)19-5-3-4-10(8-19)17(22)23/h6-7,10H,3-5,8-9H2,1-2H3,(H2,18,20)(H,22,23). The van der Waals surface area contributed by atoms with Gasteiger partial charge in [0.1, 0.15) is 0 Å². The zero-order valence-electron chi connectivity index (χ0n) is 14.7. The van der Waals surface area contributed by atoms with Crippen LogP contribution in [-0.2, 0) is 9.59 Å². The first-order valence-electron chi connectivity index (χ1n) is 8.06. The number of benzene rings is 1. The molecule has 1 aromatic carbocycles. The van der Waals surface area contributed by atoms with Crippen molar-refractivity contribution in [3.8, 4) is 17.2 Å². The van der Waals surface area contributed by atoms with Gasteiger partial charge >= 0.3 is 5.97 Å². The van der Waals surface area contributed by atoms with E-state index in [1.807, 2.05) is 0 Å². The first kappa shape index (κ1) is 19.4. The van der Waals surface area contributed by atoms with Crippen LogP contribution in [0.1, 0.15) is 23.2 Å². The summed E-state index contributed by atoms with van der Waals surface area (Å²) in [6, 6.07) is 2.93. The molecule has 26 heavy (non-hydrogen) atoms. The number of rotatable bonds is 7. The van der Waals surface area contributed by atoms with Gasteiger partial charge in [0, 0.05) is 18.7 Å². The van der Waals surface area contributed by atoms with Crippen LogP contribution in [0.15, 0.2) is 12.1 Å². The van der Waals surface area contributed by atoms with Crippen molar-refractivity contribution in [2.45, 2.75) is 12.8 Å². The Kier molecular flexibility index (Phi) is 6.26. The van der Waals surface area contributed by atoms with Crippen LogP contribution in [0, 0.1) is 5.92 Å². The summed E-state index contributed by atoms with van der Waals surface area (Å²) in [6.07, 6.45) is 1.17. The van der Waals surface area contributed by atoms with E-state index in [0.29, 0.717) is 19.4 Å². The third-order valence-corrected chi connectivity index (χ3v) is 4.12. The second kappa shape index (κ2) is 8.41. The summed E-state index contributed by atoms with van der Waals surface area (Å²) < 4.78 is 15.8. The maximum Gasteiger partial charge on any atom is 0.308 e. The zero-order chi connectivity index (χ0) is 19.3. The molecule has 1 heterocycles. The van der Waals surface area contributed by atoms with Gasteiger partial charge in [0.05, 0.1) is 20.1 Å². The minimum Gasteiger partial charge on any atom is -0.493 e. The Hall–Kier alpha value is -2.97. The highest BCUT2D eigenvalue weighted by Gasteiger charge is 2.29. The van der Waals surface area contributed by atoms with Crippen molar-refractivity contribution in [1.82, 2.24) is 4.90 Å². The van der Waals surface area contributed by atoms with Gasteiger partial charge in [-0.25, -0.2) is 0 Å². The van der Waals surface area contributed by atoms with Gasteiger partial charge in [0.25, 0.3) is 11.8 Å². The van der Waals surface area contributed by atoms with Gasteiger partial charge in [-0.3, -0.25) is 14.4 Å². The number of aliphatic carboxylic acids is 1. The van der Waals surface area contributed by atoms with Crippen molar-refractivity contribution < 1.29 is 33.7 Å². The highest BCUT2D eigenvalue weighted by Crippen LogP contribution is 2.39. The molecule has 1 unspecified atom stereocenters. The molecule has 0 radical (unpaired) electrons. The van der Waals surface area contributed by atoms with E-state index < -0.39 is 17.8 Å². The molecule has 9 heteroatoms. The van der Waals surface area contributed by atoms with Crippen LogP contribution in [0.5, 0.6) is 17.2 Å². The largest absolute Gasteiger partial charge is 0.493 e. The number of carbonyl (C=O) groups excluding carboxylic acids is 2. The number of nitrogens with two attached hydrogens (primary N) is 1. The third-order valence-electron chi connectivity index (χ3n) is 4.12. The number of carboxylic acid groups (broad SMARTS) is 1. The van der Waals surface area contributed by atoms with Crippen molar-refractivity contribution >= 4 is 17.8 Å².